The van der Waals surface area contributed by atoms with Crippen LogP contribution in [-0.4, -0.2) is 22.1 Å². The predicted molar refractivity (Wildman–Crippen MR) is 72.5 cm³/mol. The first-order chi connectivity index (χ1) is 9.13. The van der Waals surface area contributed by atoms with E-state index in [0.717, 1.165) is 0 Å². The van der Waals surface area contributed by atoms with Crippen molar-refractivity contribution < 1.29 is 14.7 Å². The van der Waals surface area contributed by atoms with Crippen LogP contribution in [0.15, 0.2) is 35.8 Å². The zero-order valence-corrected chi connectivity index (χ0v) is 10.6. The molecular weight excluding hydrogens is 266 g/mol. The molecule has 0 aliphatic heterocycles. The van der Waals surface area contributed by atoms with Gasteiger partial charge in [0.1, 0.15) is 0 Å². The van der Waals surface area contributed by atoms with Crippen molar-refractivity contribution in [2.45, 2.75) is 6.42 Å². The molecule has 0 bridgehead atoms. The lowest BCUT2D eigenvalue weighted by molar-refractivity contribution is -0.136. The van der Waals surface area contributed by atoms with Crippen molar-refractivity contribution in [3.05, 3.63) is 41.4 Å². The molecule has 2 rings (SSSR count). The summed E-state index contributed by atoms with van der Waals surface area (Å²) in [6, 6.07) is 6.24. The van der Waals surface area contributed by atoms with Crippen LogP contribution < -0.4 is 10.6 Å². The van der Waals surface area contributed by atoms with Crippen LogP contribution in [0.5, 0.6) is 0 Å². The molecule has 2 amide bonds. The Morgan fingerprint density at radius 2 is 1.95 bits per heavy atom. The van der Waals surface area contributed by atoms with Crippen LogP contribution in [0, 0.1) is 0 Å². The Bertz CT molecular complexity index is 566. The molecule has 19 heavy (non-hydrogen) atoms. The lowest BCUT2D eigenvalue weighted by atomic mass is 10.1. The number of carbonyl (C=O) groups is 2. The normalized spacial score (nSPS) is 9.89. The molecule has 0 radical (unpaired) electrons. The van der Waals surface area contributed by atoms with Crippen molar-refractivity contribution in [2.75, 3.05) is 10.6 Å². The molecule has 0 aliphatic rings. The van der Waals surface area contributed by atoms with E-state index in [4.69, 9.17) is 5.11 Å². The topological polar surface area (TPSA) is 91.3 Å². The molecule has 1 aromatic carbocycles. The standard InChI is InChI=1S/C12H11N3O3S/c16-10(17)7-8-1-3-9(4-2-8)14-11(18)15-12-13-5-6-19-12/h1-6H,7H2,(H,16,17)(H2,13,14,15,18). The number of carboxylic acid groups (broad SMARTS) is 1. The zero-order chi connectivity index (χ0) is 13.7. The Morgan fingerprint density at radius 3 is 2.53 bits per heavy atom. The van der Waals surface area contributed by atoms with Crippen molar-refractivity contribution in [1.29, 1.82) is 0 Å². The molecule has 2 aromatic rings. The average Bonchev–Trinajstić information content (AvgIpc) is 2.83. The molecule has 0 atom stereocenters. The van der Waals surface area contributed by atoms with E-state index in [2.05, 4.69) is 15.6 Å². The number of aromatic nitrogens is 1. The molecule has 1 heterocycles. The first-order valence-electron chi connectivity index (χ1n) is 5.42. The molecule has 98 valence electrons. The summed E-state index contributed by atoms with van der Waals surface area (Å²) in [7, 11) is 0. The van der Waals surface area contributed by atoms with Gasteiger partial charge in [0.05, 0.1) is 6.42 Å². The lowest BCUT2D eigenvalue weighted by Crippen LogP contribution is -2.19. The monoisotopic (exact) mass is 277 g/mol. The number of carbonyl (C=O) groups excluding carboxylic acids is 1. The van der Waals surface area contributed by atoms with Crippen LogP contribution in [0.3, 0.4) is 0 Å². The van der Waals surface area contributed by atoms with Crippen LogP contribution in [0.25, 0.3) is 0 Å². The van der Waals surface area contributed by atoms with Crippen LogP contribution >= 0.6 is 11.3 Å². The number of thiazole rings is 1. The number of benzene rings is 1. The minimum atomic E-state index is -0.887. The van der Waals surface area contributed by atoms with Gasteiger partial charge in [-0.25, -0.2) is 9.78 Å². The summed E-state index contributed by atoms with van der Waals surface area (Å²) in [5, 5.41) is 16.1. The van der Waals surface area contributed by atoms with Crippen molar-refractivity contribution >= 4 is 34.2 Å². The Balaban J connectivity index is 1.92. The molecule has 0 spiro atoms. The number of hydrogen-bond acceptors (Lipinski definition) is 4. The highest BCUT2D eigenvalue weighted by Crippen LogP contribution is 2.13. The number of anilines is 2. The summed E-state index contributed by atoms with van der Waals surface area (Å²) in [6.45, 7) is 0. The summed E-state index contributed by atoms with van der Waals surface area (Å²) in [4.78, 5) is 26.0. The number of urea groups is 1. The fourth-order valence-corrected chi connectivity index (χ4v) is 1.95. The minimum absolute atomic E-state index is 0.0361. The number of rotatable bonds is 4. The third kappa shape index (κ3) is 4.07. The van der Waals surface area contributed by atoms with Crippen molar-refractivity contribution in [1.82, 2.24) is 4.98 Å². The van der Waals surface area contributed by atoms with Crippen LogP contribution in [-0.2, 0) is 11.2 Å². The lowest BCUT2D eigenvalue weighted by Gasteiger charge is -2.06. The van der Waals surface area contributed by atoms with Gasteiger partial charge in [0.2, 0.25) is 0 Å². The predicted octanol–water partition coefficient (Wildman–Crippen LogP) is 2.41. The van der Waals surface area contributed by atoms with Gasteiger partial charge in [-0.1, -0.05) is 12.1 Å². The Kier molecular flexibility index (Phi) is 4.09. The molecule has 3 N–H and O–H groups in total. The van der Waals surface area contributed by atoms with E-state index < -0.39 is 5.97 Å². The Morgan fingerprint density at radius 1 is 1.21 bits per heavy atom. The molecule has 0 unspecified atom stereocenters. The van der Waals surface area contributed by atoms with E-state index in [0.29, 0.717) is 16.4 Å². The average molecular weight is 277 g/mol. The van der Waals surface area contributed by atoms with E-state index in [1.165, 1.54) is 11.3 Å². The third-order valence-corrected chi connectivity index (χ3v) is 2.91. The fourth-order valence-electron chi connectivity index (χ4n) is 1.43. The maximum atomic E-state index is 11.6. The van der Waals surface area contributed by atoms with E-state index in [-0.39, 0.29) is 12.5 Å². The van der Waals surface area contributed by atoms with Crippen LogP contribution in [0.4, 0.5) is 15.6 Å². The van der Waals surface area contributed by atoms with Gasteiger partial charge in [-0.15, -0.1) is 11.3 Å². The molecular formula is C12H11N3O3S. The maximum Gasteiger partial charge on any atom is 0.325 e. The quantitative estimate of drug-likeness (QED) is 0.800. The summed E-state index contributed by atoms with van der Waals surface area (Å²) >= 11 is 1.32. The molecule has 1 aromatic heterocycles. The van der Waals surface area contributed by atoms with Gasteiger partial charge in [0.15, 0.2) is 5.13 Å². The number of aliphatic carboxylic acids is 1. The number of carboxylic acids is 1. The summed E-state index contributed by atoms with van der Waals surface area (Å²) < 4.78 is 0. The number of hydrogen-bond donors (Lipinski definition) is 3. The highest BCUT2D eigenvalue weighted by molar-refractivity contribution is 7.13. The third-order valence-electron chi connectivity index (χ3n) is 2.22. The second-order valence-corrected chi connectivity index (χ2v) is 4.58. The smallest absolute Gasteiger partial charge is 0.325 e. The summed E-state index contributed by atoms with van der Waals surface area (Å²) in [5.41, 5.74) is 1.27. The molecule has 7 heteroatoms. The zero-order valence-electron chi connectivity index (χ0n) is 9.79. The van der Waals surface area contributed by atoms with Crippen molar-refractivity contribution in [3.63, 3.8) is 0 Å². The van der Waals surface area contributed by atoms with Gasteiger partial charge in [0, 0.05) is 17.3 Å². The van der Waals surface area contributed by atoms with E-state index in [1.807, 2.05) is 0 Å². The molecule has 6 nitrogen and oxygen atoms in total. The number of nitrogens with one attached hydrogen (secondary N) is 2. The fraction of sp³-hybridized carbons (Fsp3) is 0.0833. The van der Waals surface area contributed by atoms with Gasteiger partial charge in [-0.3, -0.25) is 10.1 Å². The second-order valence-electron chi connectivity index (χ2n) is 3.68. The van der Waals surface area contributed by atoms with E-state index >= 15 is 0 Å². The SMILES string of the molecule is O=C(O)Cc1ccc(NC(=O)Nc2nccs2)cc1. The van der Waals surface area contributed by atoms with Crippen molar-refractivity contribution in [3.8, 4) is 0 Å². The van der Waals surface area contributed by atoms with Gasteiger partial charge < -0.3 is 10.4 Å². The molecule has 0 saturated heterocycles. The van der Waals surface area contributed by atoms with E-state index in [1.54, 1.807) is 35.8 Å². The largest absolute Gasteiger partial charge is 0.481 e. The molecule has 0 saturated carbocycles. The summed E-state index contributed by atoms with van der Waals surface area (Å²) in [6.07, 6.45) is 1.56. The first kappa shape index (κ1) is 13.0. The number of amides is 2. The van der Waals surface area contributed by atoms with Crippen LogP contribution in [0.1, 0.15) is 5.56 Å². The van der Waals surface area contributed by atoms with Gasteiger partial charge in [-0.05, 0) is 17.7 Å². The van der Waals surface area contributed by atoms with Crippen LogP contribution in [0.2, 0.25) is 0 Å². The Labute approximate surface area is 113 Å². The maximum absolute atomic E-state index is 11.6. The first-order valence-corrected chi connectivity index (χ1v) is 6.29. The minimum Gasteiger partial charge on any atom is -0.481 e. The molecule has 0 fully saturated rings. The number of nitrogens with zero attached hydrogens (tertiary/aromatic N) is 1. The Hall–Kier alpha value is -2.41. The summed E-state index contributed by atoms with van der Waals surface area (Å²) in [5.74, 6) is -0.887. The highest BCUT2D eigenvalue weighted by atomic mass is 32.1. The highest BCUT2D eigenvalue weighted by Gasteiger charge is 2.05. The van der Waals surface area contributed by atoms with Crippen molar-refractivity contribution in [2.24, 2.45) is 0 Å². The van der Waals surface area contributed by atoms with Gasteiger partial charge in [-0.2, -0.15) is 0 Å². The molecule has 0 aliphatic carbocycles. The second kappa shape index (κ2) is 5.96. The van der Waals surface area contributed by atoms with E-state index in [9.17, 15) is 9.59 Å². The van der Waals surface area contributed by atoms with Gasteiger partial charge in [0.25, 0.3) is 0 Å². The van der Waals surface area contributed by atoms with Gasteiger partial charge >= 0.3 is 12.0 Å².